The Balaban J connectivity index is 2.18. The van der Waals surface area contributed by atoms with Crippen LogP contribution in [-0.4, -0.2) is 29.9 Å². The van der Waals surface area contributed by atoms with E-state index >= 15 is 0 Å². The molecule has 17 heavy (non-hydrogen) atoms. The standard InChI is InChI=1S/C11H5Cl2N3Se/c12-7-3-1-6(2-4-7)9-5-8-10(17-9)11(13)15-16-14-8/h1-5H. The van der Waals surface area contributed by atoms with Crippen LogP contribution >= 0.6 is 23.2 Å². The summed E-state index contributed by atoms with van der Waals surface area (Å²) in [5.74, 6) is 0. The molecule has 0 aliphatic rings. The van der Waals surface area contributed by atoms with Gasteiger partial charge in [-0.2, -0.15) is 0 Å². The van der Waals surface area contributed by atoms with E-state index < -0.39 is 0 Å². The van der Waals surface area contributed by atoms with E-state index in [9.17, 15) is 0 Å². The van der Waals surface area contributed by atoms with Crippen molar-refractivity contribution in [2.24, 2.45) is 0 Å². The van der Waals surface area contributed by atoms with Crippen LogP contribution in [0, 0.1) is 0 Å². The Kier molecular flexibility index (Phi) is 2.89. The van der Waals surface area contributed by atoms with Gasteiger partial charge in [-0.3, -0.25) is 0 Å². The maximum atomic E-state index is 6.00. The van der Waals surface area contributed by atoms with Gasteiger partial charge in [-0.15, -0.1) is 0 Å². The molecule has 0 amide bonds. The third-order valence-electron chi connectivity index (χ3n) is 2.31. The van der Waals surface area contributed by atoms with Crippen molar-refractivity contribution in [2.45, 2.75) is 0 Å². The molecular formula is C11H5Cl2N3Se. The first-order valence-electron chi connectivity index (χ1n) is 4.78. The summed E-state index contributed by atoms with van der Waals surface area (Å²) < 4.78 is 2.22. The molecule has 0 saturated heterocycles. The predicted molar refractivity (Wildman–Crippen MR) is 69.7 cm³/mol. The Morgan fingerprint density at radius 2 is 1.76 bits per heavy atom. The molecule has 3 aromatic rings. The van der Waals surface area contributed by atoms with Crippen LogP contribution in [0.2, 0.25) is 10.2 Å². The first kappa shape index (κ1) is 11.2. The van der Waals surface area contributed by atoms with E-state index in [4.69, 9.17) is 23.2 Å². The van der Waals surface area contributed by atoms with Gasteiger partial charge in [0.15, 0.2) is 0 Å². The molecule has 84 valence electrons. The molecule has 0 atom stereocenters. The number of fused-ring (bicyclic) bond motifs is 1. The van der Waals surface area contributed by atoms with Crippen molar-refractivity contribution >= 4 is 47.5 Å². The fourth-order valence-corrected chi connectivity index (χ4v) is 4.02. The molecule has 0 unspecified atom stereocenters. The Hall–Kier alpha value is -0.931. The van der Waals surface area contributed by atoms with Crippen molar-refractivity contribution in [3.63, 3.8) is 0 Å². The van der Waals surface area contributed by atoms with Gasteiger partial charge in [-0.1, -0.05) is 0 Å². The van der Waals surface area contributed by atoms with Crippen LogP contribution in [-0.2, 0) is 0 Å². The van der Waals surface area contributed by atoms with Crippen molar-refractivity contribution in [3.8, 4) is 10.0 Å². The van der Waals surface area contributed by atoms with Crippen LogP contribution in [0.5, 0.6) is 0 Å². The van der Waals surface area contributed by atoms with Gasteiger partial charge in [0.05, 0.1) is 0 Å². The van der Waals surface area contributed by atoms with E-state index in [0.29, 0.717) is 5.15 Å². The first-order valence-corrected chi connectivity index (χ1v) is 7.25. The Labute approximate surface area is 113 Å². The van der Waals surface area contributed by atoms with Gasteiger partial charge in [0.1, 0.15) is 0 Å². The number of rotatable bonds is 1. The van der Waals surface area contributed by atoms with E-state index in [1.165, 1.54) is 4.44 Å². The normalized spacial score (nSPS) is 10.9. The summed E-state index contributed by atoms with van der Waals surface area (Å²) in [5, 5.41) is 12.5. The monoisotopic (exact) mass is 329 g/mol. The van der Waals surface area contributed by atoms with Gasteiger partial charge in [0.2, 0.25) is 0 Å². The zero-order valence-electron chi connectivity index (χ0n) is 8.39. The molecule has 2 aromatic heterocycles. The summed E-state index contributed by atoms with van der Waals surface area (Å²) in [4.78, 5) is 0. The summed E-state index contributed by atoms with van der Waals surface area (Å²) >= 11 is 12.0. The fraction of sp³-hybridized carbons (Fsp3) is 0. The minimum atomic E-state index is 0.128. The Morgan fingerprint density at radius 3 is 2.47 bits per heavy atom. The summed E-state index contributed by atoms with van der Waals surface area (Å²) in [6.45, 7) is 0. The molecule has 0 saturated carbocycles. The SMILES string of the molecule is Clc1ccc(-c2cc3nnnc(Cl)c3[se]2)cc1. The van der Waals surface area contributed by atoms with Crippen LogP contribution in [0.4, 0.5) is 0 Å². The molecule has 0 aliphatic heterocycles. The van der Waals surface area contributed by atoms with Crippen LogP contribution in [0.3, 0.4) is 0 Å². The maximum absolute atomic E-state index is 6.00. The first-order chi connectivity index (χ1) is 8.24. The second-order valence-corrected chi connectivity index (χ2v) is 6.41. The molecule has 0 N–H and O–H groups in total. The molecule has 2 heterocycles. The molecule has 0 spiro atoms. The van der Waals surface area contributed by atoms with Gasteiger partial charge in [0.25, 0.3) is 0 Å². The number of benzene rings is 1. The van der Waals surface area contributed by atoms with E-state index in [1.807, 2.05) is 30.3 Å². The predicted octanol–water partition coefficient (Wildman–Crippen LogP) is 3.06. The molecule has 0 aliphatic carbocycles. The second kappa shape index (κ2) is 4.39. The Morgan fingerprint density at radius 1 is 1.00 bits per heavy atom. The Bertz CT molecular complexity index is 679. The van der Waals surface area contributed by atoms with E-state index in [1.54, 1.807) is 0 Å². The van der Waals surface area contributed by atoms with Crippen molar-refractivity contribution in [1.82, 2.24) is 15.4 Å². The van der Waals surface area contributed by atoms with E-state index in [0.717, 1.165) is 20.4 Å². The van der Waals surface area contributed by atoms with E-state index in [2.05, 4.69) is 15.4 Å². The van der Waals surface area contributed by atoms with Crippen molar-refractivity contribution < 1.29 is 0 Å². The number of aromatic nitrogens is 3. The molecule has 3 nitrogen and oxygen atoms in total. The van der Waals surface area contributed by atoms with Gasteiger partial charge in [-0.25, -0.2) is 0 Å². The third-order valence-corrected chi connectivity index (χ3v) is 5.56. The summed E-state index contributed by atoms with van der Waals surface area (Å²) in [6, 6.07) is 9.76. The molecule has 6 heteroatoms. The molecular weight excluding hydrogens is 324 g/mol. The molecule has 0 radical (unpaired) electrons. The topological polar surface area (TPSA) is 38.7 Å². The van der Waals surface area contributed by atoms with Gasteiger partial charge in [-0.05, 0) is 0 Å². The fourth-order valence-electron chi connectivity index (χ4n) is 1.52. The number of nitrogens with zero attached hydrogens (tertiary/aromatic N) is 3. The average molecular weight is 329 g/mol. The number of hydrogen-bond acceptors (Lipinski definition) is 3. The zero-order chi connectivity index (χ0) is 11.8. The zero-order valence-corrected chi connectivity index (χ0v) is 11.6. The number of halogens is 2. The molecule has 3 rings (SSSR count). The summed E-state index contributed by atoms with van der Waals surface area (Å²) in [6.07, 6.45) is 0. The van der Waals surface area contributed by atoms with Gasteiger partial charge >= 0.3 is 113 Å². The average Bonchev–Trinajstić information content (AvgIpc) is 2.75. The third kappa shape index (κ3) is 2.09. The molecule has 0 bridgehead atoms. The molecule has 0 fully saturated rings. The second-order valence-electron chi connectivity index (χ2n) is 3.41. The van der Waals surface area contributed by atoms with Crippen LogP contribution in [0.15, 0.2) is 30.3 Å². The van der Waals surface area contributed by atoms with Crippen molar-refractivity contribution in [1.29, 1.82) is 0 Å². The van der Waals surface area contributed by atoms with Crippen LogP contribution in [0.1, 0.15) is 0 Å². The minimum absolute atomic E-state index is 0.128. The quantitative estimate of drug-likeness (QED) is 0.644. The number of hydrogen-bond donors (Lipinski definition) is 0. The van der Waals surface area contributed by atoms with Gasteiger partial charge < -0.3 is 0 Å². The van der Waals surface area contributed by atoms with Gasteiger partial charge in [0, 0.05) is 0 Å². The van der Waals surface area contributed by atoms with Crippen LogP contribution in [0.25, 0.3) is 19.8 Å². The van der Waals surface area contributed by atoms with E-state index in [-0.39, 0.29) is 14.5 Å². The summed E-state index contributed by atoms with van der Waals surface area (Å²) in [7, 11) is 0. The molecule has 1 aromatic carbocycles. The van der Waals surface area contributed by atoms with Crippen molar-refractivity contribution in [2.75, 3.05) is 0 Å². The summed E-state index contributed by atoms with van der Waals surface area (Å²) in [5.41, 5.74) is 1.97. The van der Waals surface area contributed by atoms with Crippen molar-refractivity contribution in [3.05, 3.63) is 40.5 Å². The van der Waals surface area contributed by atoms with Crippen LogP contribution < -0.4 is 0 Å².